The molecule has 1 aromatic heterocycles. The summed E-state index contributed by atoms with van der Waals surface area (Å²) in [4.78, 5) is 4.60. The van der Waals surface area contributed by atoms with Crippen LogP contribution in [0.2, 0.25) is 0 Å². The minimum absolute atomic E-state index is 0.549. The lowest BCUT2D eigenvalue weighted by molar-refractivity contribution is 0.510. The van der Waals surface area contributed by atoms with Gasteiger partial charge in [-0.3, -0.25) is 4.98 Å². The standard InChI is InChI=1S/C17H20F2N2/c1-2-8-20-17-11-6-4-3-5-7-15(11)21-16-10-14(19)13(18)9-12(16)17/h9-10H,2-8H2,1H3,(H,20,21). The van der Waals surface area contributed by atoms with Crippen molar-refractivity contribution in [1.82, 2.24) is 4.98 Å². The van der Waals surface area contributed by atoms with Crippen LogP contribution in [-0.4, -0.2) is 11.5 Å². The number of fused-ring (bicyclic) bond motifs is 2. The van der Waals surface area contributed by atoms with Gasteiger partial charge in [-0.25, -0.2) is 8.78 Å². The SMILES string of the molecule is CCCNc1c2c(nc3cc(F)c(F)cc13)CCCCC2. The predicted octanol–water partition coefficient (Wildman–Crippen LogP) is 4.60. The number of pyridine rings is 1. The Hall–Kier alpha value is -1.71. The summed E-state index contributed by atoms with van der Waals surface area (Å²) in [6.45, 7) is 2.92. The molecule has 112 valence electrons. The molecule has 0 bridgehead atoms. The second-order valence-electron chi connectivity index (χ2n) is 5.68. The van der Waals surface area contributed by atoms with Gasteiger partial charge in [0.15, 0.2) is 11.6 Å². The van der Waals surface area contributed by atoms with Crippen LogP contribution in [0, 0.1) is 11.6 Å². The number of aromatic nitrogens is 1. The van der Waals surface area contributed by atoms with Crippen molar-refractivity contribution >= 4 is 16.6 Å². The Morgan fingerprint density at radius 2 is 1.86 bits per heavy atom. The smallest absolute Gasteiger partial charge is 0.161 e. The van der Waals surface area contributed by atoms with Crippen LogP contribution in [0.25, 0.3) is 10.9 Å². The fourth-order valence-electron chi connectivity index (χ4n) is 3.05. The van der Waals surface area contributed by atoms with Crippen molar-refractivity contribution < 1.29 is 8.78 Å². The van der Waals surface area contributed by atoms with Gasteiger partial charge in [0.2, 0.25) is 0 Å². The summed E-state index contributed by atoms with van der Waals surface area (Å²) < 4.78 is 27.1. The maximum atomic E-state index is 13.6. The van der Waals surface area contributed by atoms with Crippen molar-refractivity contribution in [3.05, 3.63) is 35.0 Å². The highest BCUT2D eigenvalue weighted by molar-refractivity contribution is 5.93. The predicted molar refractivity (Wildman–Crippen MR) is 81.7 cm³/mol. The molecule has 0 atom stereocenters. The third-order valence-electron chi connectivity index (χ3n) is 4.11. The average Bonchev–Trinajstić information content (AvgIpc) is 2.70. The average molecular weight is 290 g/mol. The molecule has 4 heteroatoms. The van der Waals surface area contributed by atoms with Gasteiger partial charge in [-0.15, -0.1) is 0 Å². The summed E-state index contributed by atoms with van der Waals surface area (Å²) in [5.41, 5.74) is 3.75. The quantitative estimate of drug-likeness (QED) is 0.835. The minimum atomic E-state index is -0.829. The third-order valence-corrected chi connectivity index (χ3v) is 4.11. The van der Waals surface area contributed by atoms with Crippen molar-refractivity contribution in [2.75, 3.05) is 11.9 Å². The molecule has 0 radical (unpaired) electrons. The van der Waals surface area contributed by atoms with E-state index in [-0.39, 0.29) is 0 Å². The molecule has 1 heterocycles. The molecule has 0 amide bonds. The van der Waals surface area contributed by atoms with E-state index in [2.05, 4.69) is 17.2 Å². The molecule has 0 aliphatic heterocycles. The largest absolute Gasteiger partial charge is 0.384 e. The monoisotopic (exact) mass is 290 g/mol. The fraction of sp³-hybridized carbons (Fsp3) is 0.471. The second kappa shape index (κ2) is 5.96. The highest BCUT2D eigenvalue weighted by atomic mass is 19.2. The number of aryl methyl sites for hydroxylation is 1. The van der Waals surface area contributed by atoms with Gasteiger partial charge in [0.05, 0.1) is 5.52 Å². The molecule has 1 aromatic carbocycles. The van der Waals surface area contributed by atoms with Gasteiger partial charge in [-0.2, -0.15) is 0 Å². The first-order chi connectivity index (χ1) is 10.2. The van der Waals surface area contributed by atoms with E-state index in [9.17, 15) is 8.78 Å². The van der Waals surface area contributed by atoms with Crippen molar-refractivity contribution in [3.8, 4) is 0 Å². The Morgan fingerprint density at radius 3 is 2.67 bits per heavy atom. The van der Waals surface area contributed by atoms with Gasteiger partial charge < -0.3 is 5.32 Å². The highest BCUT2D eigenvalue weighted by Crippen LogP contribution is 2.33. The van der Waals surface area contributed by atoms with E-state index in [1.54, 1.807) is 0 Å². The van der Waals surface area contributed by atoms with E-state index in [0.717, 1.165) is 50.0 Å². The number of hydrogen-bond donors (Lipinski definition) is 1. The topological polar surface area (TPSA) is 24.9 Å². The van der Waals surface area contributed by atoms with Crippen LogP contribution in [0.1, 0.15) is 43.9 Å². The molecule has 3 rings (SSSR count). The lowest BCUT2D eigenvalue weighted by Crippen LogP contribution is -2.08. The summed E-state index contributed by atoms with van der Waals surface area (Å²) in [5.74, 6) is -1.64. The number of nitrogens with one attached hydrogen (secondary N) is 1. The Balaban J connectivity index is 2.23. The first kappa shape index (κ1) is 14.2. The van der Waals surface area contributed by atoms with Gasteiger partial charge in [0.25, 0.3) is 0 Å². The number of halogens is 2. The molecular formula is C17H20F2N2. The number of nitrogens with zero attached hydrogens (tertiary/aromatic N) is 1. The maximum Gasteiger partial charge on any atom is 0.161 e. The van der Waals surface area contributed by atoms with Crippen LogP contribution in [-0.2, 0) is 12.8 Å². The van der Waals surface area contributed by atoms with Crippen LogP contribution in [0.15, 0.2) is 12.1 Å². The molecule has 0 fully saturated rings. The zero-order chi connectivity index (χ0) is 14.8. The van der Waals surface area contributed by atoms with Crippen molar-refractivity contribution in [1.29, 1.82) is 0 Å². The first-order valence-electron chi connectivity index (χ1n) is 7.75. The van der Waals surface area contributed by atoms with E-state index in [4.69, 9.17) is 0 Å². The van der Waals surface area contributed by atoms with E-state index in [1.165, 1.54) is 24.1 Å². The van der Waals surface area contributed by atoms with Crippen LogP contribution >= 0.6 is 0 Å². The number of benzene rings is 1. The van der Waals surface area contributed by atoms with Gasteiger partial charge in [-0.05, 0) is 43.7 Å². The molecular weight excluding hydrogens is 270 g/mol. The Morgan fingerprint density at radius 1 is 1.10 bits per heavy atom. The van der Waals surface area contributed by atoms with Crippen molar-refractivity contribution in [2.24, 2.45) is 0 Å². The summed E-state index contributed by atoms with van der Waals surface area (Å²) in [5, 5.41) is 4.11. The zero-order valence-corrected chi connectivity index (χ0v) is 12.3. The molecule has 21 heavy (non-hydrogen) atoms. The number of rotatable bonds is 3. The van der Waals surface area contributed by atoms with Gasteiger partial charge in [0.1, 0.15) is 0 Å². The third kappa shape index (κ3) is 2.71. The summed E-state index contributed by atoms with van der Waals surface area (Å²) in [6, 6.07) is 2.49. The van der Waals surface area contributed by atoms with Gasteiger partial charge in [-0.1, -0.05) is 13.3 Å². The molecule has 1 N–H and O–H groups in total. The summed E-state index contributed by atoms with van der Waals surface area (Å²) >= 11 is 0. The Labute approximate surface area is 123 Å². The molecule has 0 saturated heterocycles. The fourth-order valence-corrected chi connectivity index (χ4v) is 3.05. The number of anilines is 1. The summed E-state index contributed by atoms with van der Waals surface area (Å²) in [6.07, 6.45) is 6.30. The molecule has 2 aromatic rings. The zero-order valence-electron chi connectivity index (χ0n) is 12.3. The molecule has 0 spiro atoms. The van der Waals surface area contributed by atoms with Crippen molar-refractivity contribution in [2.45, 2.75) is 45.4 Å². The van der Waals surface area contributed by atoms with Crippen LogP contribution in [0.4, 0.5) is 14.5 Å². The molecule has 2 nitrogen and oxygen atoms in total. The lowest BCUT2D eigenvalue weighted by atomic mass is 10.0. The molecule has 1 aliphatic rings. The van der Waals surface area contributed by atoms with Gasteiger partial charge in [0, 0.05) is 29.4 Å². The van der Waals surface area contributed by atoms with Crippen LogP contribution in [0.3, 0.4) is 0 Å². The second-order valence-corrected chi connectivity index (χ2v) is 5.68. The summed E-state index contributed by atoms with van der Waals surface area (Å²) in [7, 11) is 0. The van der Waals surface area contributed by atoms with Crippen molar-refractivity contribution in [3.63, 3.8) is 0 Å². The van der Waals surface area contributed by atoms with E-state index < -0.39 is 11.6 Å². The Bertz CT molecular complexity index is 668. The van der Waals surface area contributed by atoms with E-state index in [0.29, 0.717) is 10.9 Å². The highest BCUT2D eigenvalue weighted by Gasteiger charge is 2.18. The van der Waals surface area contributed by atoms with E-state index in [1.807, 2.05) is 0 Å². The normalized spacial score (nSPS) is 14.8. The maximum absolute atomic E-state index is 13.6. The Kier molecular flexibility index (Phi) is 4.04. The number of hydrogen-bond acceptors (Lipinski definition) is 2. The lowest BCUT2D eigenvalue weighted by Gasteiger charge is -2.17. The molecule has 1 aliphatic carbocycles. The van der Waals surface area contributed by atoms with Gasteiger partial charge >= 0.3 is 0 Å². The van der Waals surface area contributed by atoms with E-state index >= 15 is 0 Å². The van der Waals surface area contributed by atoms with Crippen LogP contribution < -0.4 is 5.32 Å². The first-order valence-corrected chi connectivity index (χ1v) is 7.75. The molecule has 0 saturated carbocycles. The minimum Gasteiger partial charge on any atom is -0.384 e. The molecule has 0 unspecified atom stereocenters. The van der Waals surface area contributed by atoms with Crippen LogP contribution in [0.5, 0.6) is 0 Å².